The van der Waals surface area contributed by atoms with Crippen molar-refractivity contribution in [1.82, 2.24) is 10.6 Å². The van der Waals surface area contributed by atoms with Crippen LogP contribution in [0.5, 0.6) is 5.75 Å². The molecule has 136 valence electrons. The van der Waals surface area contributed by atoms with E-state index < -0.39 is 5.91 Å². The van der Waals surface area contributed by atoms with Crippen LogP contribution in [0.15, 0.2) is 42.1 Å². The molecule has 4 N–H and O–H groups in total. The van der Waals surface area contributed by atoms with E-state index in [0.717, 1.165) is 36.7 Å². The van der Waals surface area contributed by atoms with Crippen LogP contribution in [0, 0.1) is 12.8 Å². The Morgan fingerprint density at radius 2 is 2.16 bits per heavy atom. The summed E-state index contributed by atoms with van der Waals surface area (Å²) in [5.74, 6) is 1.11. The van der Waals surface area contributed by atoms with E-state index in [9.17, 15) is 4.79 Å². The van der Waals surface area contributed by atoms with Crippen molar-refractivity contribution in [3.05, 3.63) is 53.3 Å². The summed E-state index contributed by atoms with van der Waals surface area (Å²) in [5.41, 5.74) is 8.07. The van der Waals surface area contributed by atoms with Gasteiger partial charge in [0, 0.05) is 6.20 Å². The van der Waals surface area contributed by atoms with E-state index in [0.29, 0.717) is 5.57 Å². The molecule has 1 heterocycles. The Bertz CT molecular complexity index is 650. The summed E-state index contributed by atoms with van der Waals surface area (Å²) in [5, 5.41) is 6.50. The minimum atomic E-state index is -0.454. The first-order chi connectivity index (χ1) is 12.0. The van der Waals surface area contributed by atoms with E-state index in [1.165, 1.54) is 12.0 Å². The topological polar surface area (TPSA) is 76.4 Å². The van der Waals surface area contributed by atoms with Crippen molar-refractivity contribution in [2.75, 3.05) is 13.1 Å². The number of benzene rings is 1. The summed E-state index contributed by atoms with van der Waals surface area (Å²) >= 11 is 0. The van der Waals surface area contributed by atoms with Gasteiger partial charge in [-0.1, -0.05) is 26.0 Å². The number of rotatable bonds is 9. The van der Waals surface area contributed by atoms with Crippen LogP contribution < -0.4 is 21.1 Å². The van der Waals surface area contributed by atoms with Crippen molar-refractivity contribution in [1.29, 1.82) is 0 Å². The normalized spacial score (nSPS) is 16.5. The van der Waals surface area contributed by atoms with Crippen LogP contribution in [0.2, 0.25) is 0 Å². The number of amides is 1. The second-order valence-electron chi connectivity index (χ2n) is 6.81. The Morgan fingerprint density at radius 3 is 2.76 bits per heavy atom. The van der Waals surface area contributed by atoms with Crippen LogP contribution in [0.3, 0.4) is 0 Å². The predicted octanol–water partition coefficient (Wildman–Crippen LogP) is 2.41. The number of primary amides is 1. The third-order valence-electron chi connectivity index (χ3n) is 4.12. The maximum atomic E-state index is 11.1. The predicted molar refractivity (Wildman–Crippen MR) is 101 cm³/mol. The molecule has 0 saturated heterocycles. The van der Waals surface area contributed by atoms with Crippen LogP contribution >= 0.6 is 0 Å². The number of nitrogens with two attached hydrogens (primary N) is 1. The molecule has 5 nitrogen and oxygen atoms in total. The Morgan fingerprint density at radius 1 is 1.36 bits per heavy atom. The summed E-state index contributed by atoms with van der Waals surface area (Å²) < 4.78 is 5.93. The molecule has 1 unspecified atom stereocenters. The SMILES string of the molecule is Cc1cc(CCNCCC(C)C)ccc1OC1C=CC(C(N)=O)=CN1. The van der Waals surface area contributed by atoms with Crippen LogP contribution in [0.4, 0.5) is 0 Å². The molecule has 25 heavy (non-hydrogen) atoms. The molecule has 5 heteroatoms. The van der Waals surface area contributed by atoms with Gasteiger partial charge in [-0.3, -0.25) is 4.79 Å². The molecule has 1 amide bonds. The first-order valence-corrected chi connectivity index (χ1v) is 8.87. The highest BCUT2D eigenvalue weighted by Crippen LogP contribution is 2.21. The highest BCUT2D eigenvalue weighted by atomic mass is 16.5. The molecule has 1 aliphatic heterocycles. The number of aryl methyl sites for hydroxylation is 1. The van der Waals surface area contributed by atoms with E-state index in [4.69, 9.17) is 10.5 Å². The molecule has 0 fully saturated rings. The van der Waals surface area contributed by atoms with Crippen molar-refractivity contribution in [2.45, 2.75) is 39.8 Å². The molecular formula is C20H29N3O2. The summed E-state index contributed by atoms with van der Waals surface area (Å²) in [6.07, 6.45) is 6.96. The fourth-order valence-corrected chi connectivity index (χ4v) is 2.58. The van der Waals surface area contributed by atoms with Crippen LogP contribution in [-0.2, 0) is 11.2 Å². The Labute approximate surface area is 150 Å². The van der Waals surface area contributed by atoms with Gasteiger partial charge in [-0.05, 0) is 68.1 Å². The average Bonchev–Trinajstić information content (AvgIpc) is 2.57. The lowest BCUT2D eigenvalue weighted by Crippen LogP contribution is -2.32. The van der Waals surface area contributed by atoms with Crippen LogP contribution in [0.1, 0.15) is 31.4 Å². The number of hydrogen-bond donors (Lipinski definition) is 3. The number of dihydropyridines is 1. The van der Waals surface area contributed by atoms with Gasteiger partial charge < -0.3 is 21.1 Å². The Hall–Kier alpha value is -2.27. The highest BCUT2D eigenvalue weighted by Gasteiger charge is 2.13. The maximum Gasteiger partial charge on any atom is 0.250 e. The second kappa shape index (κ2) is 9.28. The number of carbonyl (C=O) groups excluding carboxylic acids is 1. The summed E-state index contributed by atoms with van der Waals surface area (Å²) in [4.78, 5) is 11.1. The van der Waals surface area contributed by atoms with Gasteiger partial charge in [0.2, 0.25) is 5.91 Å². The fraction of sp³-hybridized carbons (Fsp3) is 0.450. The lowest BCUT2D eigenvalue weighted by atomic mass is 10.1. The molecule has 1 atom stereocenters. The quantitative estimate of drug-likeness (QED) is 0.602. The third kappa shape index (κ3) is 6.27. The number of ether oxygens (including phenoxy) is 1. The Kier molecular flexibility index (Phi) is 7.07. The highest BCUT2D eigenvalue weighted by molar-refractivity contribution is 5.94. The largest absolute Gasteiger partial charge is 0.467 e. The molecule has 0 aliphatic carbocycles. The third-order valence-corrected chi connectivity index (χ3v) is 4.12. The van der Waals surface area contributed by atoms with Crippen molar-refractivity contribution in [2.24, 2.45) is 11.7 Å². The van der Waals surface area contributed by atoms with E-state index in [1.54, 1.807) is 18.4 Å². The van der Waals surface area contributed by atoms with Gasteiger partial charge in [0.05, 0.1) is 5.57 Å². The van der Waals surface area contributed by atoms with Gasteiger partial charge in [0.25, 0.3) is 0 Å². The van der Waals surface area contributed by atoms with Crippen molar-refractivity contribution in [3.63, 3.8) is 0 Å². The van der Waals surface area contributed by atoms with Gasteiger partial charge in [0.15, 0.2) is 6.23 Å². The van der Waals surface area contributed by atoms with Crippen molar-refractivity contribution < 1.29 is 9.53 Å². The molecular weight excluding hydrogens is 314 g/mol. The van der Waals surface area contributed by atoms with E-state index in [-0.39, 0.29) is 6.23 Å². The van der Waals surface area contributed by atoms with Crippen molar-refractivity contribution >= 4 is 5.91 Å². The lowest BCUT2D eigenvalue weighted by Gasteiger charge is -2.21. The summed E-state index contributed by atoms with van der Waals surface area (Å²) in [6, 6.07) is 6.27. The van der Waals surface area contributed by atoms with Gasteiger partial charge in [0.1, 0.15) is 5.75 Å². The van der Waals surface area contributed by atoms with Gasteiger partial charge in [-0.25, -0.2) is 0 Å². The molecule has 0 aromatic heterocycles. The van der Waals surface area contributed by atoms with E-state index in [2.05, 4.69) is 36.6 Å². The van der Waals surface area contributed by atoms with E-state index >= 15 is 0 Å². The van der Waals surface area contributed by atoms with Crippen molar-refractivity contribution in [3.8, 4) is 5.75 Å². The zero-order valence-electron chi connectivity index (χ0n) is 15.3. The molecule has 1 aromatic rings. The molecule has 0 bridgehead atoms. The van der Waals surface area contributed by atoms with Gasteiger partial charge >= 0.3 is 0 Å². The molecule has 0 spiro atoms. The summed E-state index contributed by atoms with van der Waals surface area (Å²) in [7, 11) is 0. The molecule has 2 rings (SSSR count). The molecule has 0 saturated carbocycles. The van der Waals surface area contributed by atoms with Gasteiger partial charge in [-0.15, -0.1) is 0 Å². The minimum Gasteiger partial charge on any atom is -0.467 e. The number of hydrogen-bond acceptors (Lipinski definition) is 4. The van der Waals surface area contributed by atoms with Crippen LogP contribution in [-0.4, -0.2) is 25.2 Å². The monoisotopic (exact) mass is 343 g/mol. The number of carbonyl (C=O) groups is 1. The van der Waals surface area contributed by atoms with Gasteiger partial charge in [-0.2, -0.15) is 0 Å². The number of nitrogens with one attached hydrogen (secondary N) is 2. The van der Waals surface area contributed by atoms with E-state index in [1.807, 2.05) is 13.0 Å². The van der Waals surface area contributed by atoms with Crippen LogP contribution in [0.25, 0.3) is 0 Å². The first-order valence-electron chi connectivity index (χ1n) is 8.87. The second-order valence-corrected chi connectivity index (χ2v) is 6.81. The molecule has 1 aromatic carbocycles. The average molecular weight is 343 g/mol. The molecule has 1 aliphatic rings. The first kappa shape index (κ1) is 19.1. The fourth-order valence-electron chi connectivity index (χ4n) is 2.58. The maximum absolute atomic E-state index is 11.1. The summed E-state index contributed by atoms with van der Waals surface area (Å²) in [6.45, 7) is 8.58. The standard InChI is InChI=1S/C20H29N3O2/c1-14(2)8-10-22-11-9-16-4-6-18(15(3)12-16)25-19-7-5-17(13-23-19)20(21)24/h4-7,12-14,19,22-23H,8-11H2,1-3H3,(H2,21,24). The zero-order chi connectivity index (χ0) is 18.2. The zero-order valence-corrected chi connectivity index (χ0v) is 15.3. The smallest absolute Gasteiger partial charge is 0.250 e. The lowest BCUT2D eigenvalue weighted by molar-refractivity contribution is -0.114. The minimum absolute atomic E-state index is 0.301. The molecule has 0 radical (unpaired) electrons. The Balaban J connectivity index is 1.82.